The minimum Gasteiger partial charge on any atom is -0.366 e. The second kappa shape index (κ2) is 4.08. The largest absolute Gasteiger partial charge is 0.366 e. The van der Waals surface area contributed by atoms with Crippen molar-refractivity contribution >= 4 is 17.4 Å². The Labute approximate surface area is 96.5 Å². The molecular formula is C13H17N3. The average molecular weight is 215 g/mol. The van der Waals surface area contributed by atoms with Crippen LogP contribution in [0.15, 0.2) is 28.2 Å². The summed E-state index contributed by atoms with van der Waals surface area (Å²) in [6.07, 6.45) is 0.852. The third-order valence-corrected chi connectivity index (χ3v) is 2.75. The van der Waals surface area contributed by atoms with E-state index in [4.69, 9.17) is 0 Å². The van der Waals surface area contributed by atoms with Crippen molar-refractivity contribution in [1.82, 2.24) is 4.90 Å². The molecule has 0 atom stereocenters. The molecule has 0 N–H and O–H groups in total. The topological polar surface area (TPSA) is 28.0 Å². The van der Waals surface area contributed by atoms with Crippen LogP contribution >= 0.6 is 0 Å². The number of nitrogens with zero attached hydrogens (tertiary/aromatic N) is 3. The van der Waals surface area contributed by atoms with Crippen molar-refractivity contribution in [2.24, 2.45) is 9.98 Å². The summed E-state index contributed by atoms with van der Waals surface area (Å²) in [7, 11) is 4.04. The van der Waals surface area contributed by atoms with Gasteiger partial charge in [-0.25, -0.2) is 9.98 Å². The highest BCUT2D eigenvalue weighted by Crippen LogP contribution is 2.27. The van der Waals surface area contributed by atoms with E-state index in [-0.39, 0.29) is 0 Å². The first-order chi connectivity index (χ1) is 7.58. The number of fused-ring (bicyclic) bond motifs is 1. The molecule has 0 saturated carbocycles. The maximum atomic E-state index is 4.57. The lowest BCUT2D eigenvalue weighted by atomic mass is 10.1. The molecule has 84 valence electrons. The molecule has 16 heavy (non-hydrogen) atoms. The summed E-state index contributed by atoms with van der Waals surface area (Å²) in [5.41, 5.74) is 3.55. The Morgan fingerprint density at radius 1 is 1.12 bits per heavy atom. The lowest BCUT2D eigenvalue weighted by Crippen LogP contribution is -2.24. The van der Waals surface area contributed by atoms with Gasteiger partial charge in [-0.2, -0.15) is 0 Å². The SMILES string of the molecule is CC1=Nc2c(C)cccc2CC(N(C)C)=N1. The van der Waals surface area contributed by atoms with E-state index in [2.05, 4.69) is 40.0 Å². The highest BCUT2D eigenvalue weighted by atomic mass is 15.2. The molecule has 0 radical (unpaired) electrons. The zero-order valence-electron chi connectivity index (χ0n) is 10.3. The van der Waals surface area contributed by atoms with Gasteiger partial charge < -0.3 is 4.90 Å². The van der Waals surface area contributed by atoms with Gasteiger partial charge in [0.15, 0.2) is 0 Å². The number of benzene rings is 1. The Morgan fingerprint density at radius 3 is 2.56 bits per heavy atom. The number of amidine groups is 2. The number of rotatable bonds is 0. The number of likely N-dealkylation sites (N-methyl/N-ethyl adjacent to an activating group) is 1. The monoisotopic (exact) mass is 215 g/mol. The van der Waals surface area contributed by atoms with E-state index >= 15 is 0 Å². The molecule has 0 bridgehead atoms. The second-order valence-electron chi connectivity index (χ2n) is 4.34. The van der Waals surface area contributed by atoms with Crippen molar-refractivity contribution in [1.29, 1.82) is 0 Å². The molecule has 3 nitrogen and oxygen atoms in total. The first kappa shape index (κ1) is 10.9. The van der Waals surface area contributed by atoms with E-state index < -0.39 is 0 Å². The molecule has 0 saturated heterocycles. The van der Waals surface area contributed by atoms with E-state index in [9.17, 15) is 0 Å². The fraction of sp³-hybridized carbons (Fsp3) is 0.385. The summed E-state index contributed by atoms with van der Waals surface area (Å²) in [5, 5.41) is 0. The molecule has 1 aromatic carbocycles. The predicted molar refractivity (Wildman–Crippen MR) is 68.8 cm³/mol. The fourth-order valence-electron chi connectivity index (χ4n) is 1.86. The molecule has 0 fully saturated rings. The van der Waals surface area contributed by atoms with Crippen molar-refractivity contribution in [3.05, 3.63) is 29.3 Å². The van der Waals surface area contributed by atoms with Crippen LogP contribution in [0, 0.1) is 6.92 Å². The fourth-order valence-corrected chi connectivity index (χ4v) is 1.86. The Morgan fingerprint density at radius 2 is 1.88 bits per heavy atom. The number of para-hydroxylation sites is 1. The van der Waals surface area contributed by atoms with Gasteiger partial charge in [-0.15, -0.1) is 0 Å². The van der Waals surface area contributed by atoms with Gasteiger partial charge in [0.2, 0.25) is 0 Å². The summed E-state index contributed by atoms with van der Waals surface area (Å²) in [6, 6.07) is 6.30. The van der Waals surface area contributed by atoms with E-state index in [0.29, 0.717) is 0 Å². The molecule has 3 heteroatoms. The summed E-state index contributed by atoms with van der Waals surface area (Å²) in [4.78, 5) is 11.2. The smallest absolute Gasteiger partial charge is 0.128 e. The molecular weight excluding hydrogens is 198 g/mol. The van der Waals surface area contributed by atoms with Crippen molar-refractivity contribution < 1.29 is 0 Å². The average Bonchev–Trinajstić information content (AvgIpc) is 2.38. The summed E-state index contributed by atoms with van der Waals surface area (Å²) >= 11 is 0. The van der Waals surface area contributed by atoms with Gasteiger partial charge in [-0.05, 0) is 25.0 Å². The molecule has 1 aliphatic rings. The number of aliphatic imine (C=N–C) groups is 2. The van der Waals surface area contributed by atoms with Crippen molar-refractivity contribution in [2.75, 3.05) is 14.1 Å². The number of hydrogen-bond acceptors (Lipinski definition) is 3. The lowest BCUT2D eigenvalue weighted by Gasteiger charge is -2.15. The number of aryl methyl sites for hydroxylation is 1. The Kier molecular flexibility index (Phi) is 2.77. The highest BCUT2D eigenvalue weighted by Gasteiger charge is 2.13. The quantitative estimate of drug-likeness (QED) is 0.653. The maximum absolute atomic E-state index is 4.57. The Hall–Kier alpha value is -1.64. The zero-order valence-corrected chi connectivity index (χ0v) is 10.3. The third-order valence-electron chi connectivity index (χ3n) is 2.75. The molecule has 2 rings (SSSR count). The lowest BCUT2D eigenvalue weighted by molar-refractivity contribution is 0.611. The normalized spacial score (nSPS) is 14.8. The first-order valence-electron chi connectivity index (χ1n) is 5.46. The second-order valence-corrected chi connectivity index (χ2v) is 4.34. The highest BCUT2D eigenvalue weighted by molar-refractivity contribution is 6.00. The first-order valence-corrected chi connectivity index (χ1v) is 5.46. The van der Waals surface area contributed by atoms with Gasteiger partial charge in [0.05, 0.1) is 5.69 Å². The minimum atomic E-state index is 0.830. The van der Waals surface area contributed by atoms with Gasteiger partial charge in [-0.1, -0.05) is 18.2 Å². The molecule has 0 unspecified atom stereocenters. The van der Waals surface area contributed by atoms with E-state index in [1.165, 1.54) is 11.1 Å². The van der Waals surface area contributed by atoms with Gasteiger partial charge >= 0.3 is 0 Å². The van der Waals surface area contributed by atoms with Crippen LogP contribution in [-0.2, 0) is 6.42 Å². The van der Waals surface area contributed by atoms with E-state index in [0.717, 1.165) is 23.8 Å². The maximum Gasteiger partial charge on any atom is 0.128 e. The molecule has 0 aromatic heterocycles. The van der Waals surface area contributed by atoms with Gasteiger partial charge in [0.1, 0.15) is 11.7 Å². The molecule has 0 aliphatic carbocycles. The third kappa shape index (κ3) is 1.98. The molecule has 1 aromatic rings. The van der Waals surface area contributed by atoms with Crippen LogP contribution in [0.5, 0.6) is 0 Å². The van der Waals surface area contributed by atoms with Crippen LogP contribution in [0.1, 0.15) is 18.1 Å². The molecule has 1 aliphatic heterocycles. The van der Waals surface area contributed by atoms with Crippen LogP contribution < -0.4 is 0 Å². The van der Waals surface area contributed by atoms with Gasteiger partial charge in [-0.3, -0.25) is 0 Å². The van der Waals surface area contributed by atoms with Crippen LogP contribution in [0.25, 0.3) is 0 Å². The predicted octanol–water partition coefficient (Wildman–Crippen LogP) is 2.56. The van der Waals surface area contributed by atoms with Crippen LogP contribution in [-0.4, -0.2) is 30.7 Å². The summed E-state index contributed by atoms with van der Waals surface area (Å²) < 4.78 is 0. The van der Waals surface area contributed by atoms with Crippen molar-refractivity contribution in [2.45, 2.75) is 20.3 Å². The number of hydrogen-bond donors (Lipinski definition) is 0. The van der Waals surface area contributed by atoms with Gasteiger partial charge in [0, 0.05) is 20.5 Å². The van der Waals surface area contributed by atoms with Crippen LogP contribution in [0.3, 0.4) is 0 Å². The summed E-state index contributed by atoms with van der Waals surface area (Å²) in [5.74, 6) is 1.89. The Bertz CT molecular complexity index is 470. The van der Waals surface area contributed by atoms with Crippen molar-refractivity contribution in [3.8, 4) is 0 Å². The molecule has 0 amide bonds. The zero-order chi connectivity index (χ0) is 11.7. The summed E-state index contributed by atoms with van der Waals surface area (Å²) in [6.45, 7) is 4.04. The minimum absolute atomic E-state index is 0.830. The molecule has 1 heterocycles. The van der Waals surface area contributed by atoms with Crippen LogP contribution in [0.2, 0.25) is 0 Å². The Balaban J connectivity index is 2.53. The van der Waals surface area contributed by atoms with Crippen molar-refractivity contribution in [3.63, 3.8) is 0 Å². The van der Waals surface area contributed by atoms with Gasteiger partial charge in [0.25, 0.3) is 0 Å². The van der Waals surface area contributed by atoms with E-state index in [1.54, 1.807) is 0 Å². The standard InChI is InChI=1S/C13H17N3/c1-9-6-5-7-11-8-12(16(3)4)14-10(2)15-13(9)11/h5-7H,8H2,1-4H3. The molecule has 0 spiro atoms. The van der Waals surface area contributed by atoms with E-state index in [1.807, 2.05) is 21.0 Å². The van der Waals surface area contributed by atoms with Crippen LogP contribution in [0.4, 0.5) is 5.69 Å².